The molecular formula is C12H16O4. The molecule has 0 saturated carbocycles. The molecule has 1 atom stereocenters. The minimum absolute atomic E-state index is 0.0334. The molecule has 0 aliphatic heterocycles. The van der Waals surface area contributed by atoms with Crippen LogP contribution in [-0.2, 0) is 4.79 Å². The summed E-state index contributed by atoms with van der Waals surface area (Å²) in [4.78, 5) is 10.3. The van der Waals surface area contributed by atoms with Crippen molar-refractivity contribution in [2.75, 3.05) is 6.61 Å². The lowest BCUT2D eigenvalue weighted by atomic mass is 10.1. The molecule has 1 rings (SSSR count). The second kappa shape index (κ2) is 6.12. The van der Waals surface area contributed by atoms with Gasteiger partial charge in [-0.05, 0) is 31.0 Å². The third-order valence-electron chi connectivity index (χ3n) is 2.21. The molecule has 4 heteroatoms. The van der Waals surface area contributed by atoms with E-state index in [1.807, 2.05) is 6.92 Å². The van der Waals surface area contributed by atoms with E-state index in [1.54, 1.807) is 24.3 Å². The van der Waals surface area contributed by atoms with Gasteiger partial charge in [-0.15, -0.1) is 0 Å². The number of aliphatic hydroxyl groups excluding tert-OH is 1. The summed E-state index contributed by atoms with van der Waals surface area (Å²) in [6, 6.07) is 7.03. The average molecular weight is 224 g/mol. The zero-order valence-corrected chi connectivity index (χ0v) is 9.22. The molecule has 1 aromatic carbocycles. The molecule has 0 aliphatic carbocycles. The monoisotopic (exact) mass is 224 g/mol. The standard InChI is InChI=1S/C12H16O4/c1-2-16-10-5-3-9(4-6-10)11(13)7-8-12(14)15/h3-6,11,13H,2,7-8H2,1H3,(H,14,15). The molecule has 0 aliphatic rings. The highest BCUT2D eigenvalue weighted by molar-refractivity contribution is 5.66. The van der Waals surface area contributed by atoms with Crippen molar-refractivity contribution in [3.8, 4) is 5.75 Å². The Morgan fingerprint density at radius 2 is 2.00 bits per heavy atom. The van der Waals surface area contributed by atoms with Crippen LogP contribution < -0.4 is 4.74 Å². The van der Waals surface area contributed by atoms with E-state index in [0.717, 1.165) is 5.75 Å². The molecular weight excluding hydrogens is 208 g/mol. The highest BCUT2D eigenvalue weighted by Crippen LogP contribution is 2.21. The van der Waals surface area contributed by atoms with Crippen LogP contribution in [0.2, 0.25) is 0 Å². The molecule has 1 aromatic rings. The van der Waals surface area contributed by atoms with E-state index < -0.39 is 12.1 Å². The Labute approximate surface area is 94.5 Å². The molecule has 0 radical (unpaired) electrons. The Morgan fingerprint density at radius 1 is 1.38 bits per heavy atom. The molecule has 2 N–H and O–H groups in total. The van der Waals surface area contributed by atoms with Crippen molar-refractivity contribution >= 4 is 5.97 Å². The second-order valence-corrected chi connectivity index (χ2v) is 3.45. The number of carboxylic acids is 1. The summed E-state index contributed by atoms with van der Waals surface area (Å²) in [5, 5.41) is 18.2. The van der Waals surface area contributed by atoms with Gasteiger partial charge in [-0.2, -0.15) is 0 Å². The van der Waals surface area contributed by atoms with E-state index in [9.17, 15) is 9.90 Å². The first kappa shape index (κ1) is 12.5. The quantitative estimate of drug-likeness (QED) is 0.775. The number of benzene rings is 1. The fourth-order valence-electron chi connectivity index (χ4n) is 1.38. The van der Waals surface area contributed by atoms with Crippen LogP contribution in [0.1, 0.15) is 31.4 Å². The molecule has 1 unspecified atom stereocenters. The van der Waals surface area contributed by atoms with Crippen LogP contribution in [0.3, 0.4) is 0 Å². The third kappa shape index (κ3) is 3.90. The van der Waals surface area contributed by atoms with Gasteiger partial charge in [0, 0.05) is 6.42 Å². The van der Waals surface area contributed by atoms with Gasteiger partial charge in [0.05, 0.1) is 12.7 Å². The normalized spacial score (nSPS) is 12.1. The van der Waals surface area contributed by atoms with Crippen LogP contribution in [0.25, 0.3) is 0 Å². The summed E-state index contributed by atoms with van der Waals surface area (Å²) < 4.78 is 5.26. The van der Waals surface area contributed by atoms with Crippen molar-refractivity contribution < 1.29 is 19.7 Å². The molecule has 0 spiro atoms. The van der Waals surface area contributed by atoms with Crippen LogP contribution in [0, 0.1) is 0 Å². The highest BCUT2D eigenvalue weighted by Gasteiger charge is 2.09. The summed E-state index contributed by atoms with van der Waals surface area (Å²) in [5.41, 5.74) is 0.713. The molecule has 0 amide bonds. The van der Waals surface area contributed by atoms with Gasteiger partial charge in [0.15, 0.2) is 0 Å². The molecule has 0 heterocycles. The third-order valence-corrected chi connectivity index (χ3v) is 2.21. The van der Waals surface area contributed by atoms with Crippen LogP contribution in [-0.4, -0.2) is 22.8 Å². The van der Waals surface area contributed by atoms with Crippen molar-refractivity contribution in [3.63, 3.8) is 0 Å². The van der Waals surface area contributed by atoms with Crippen LogP contribution in [0.4, 0.5) is 0 Å². The zero-order chi connectivity index (χ0) is 12.0. The summed E-state index contributed by atoms with van der Waals surface area (Å²) in [7, 11) is 0. The second-order valence-electron chi connectivity index (χ2n) is 3.45. The van der Waals surface area contributed by atoms with Crippen molar-refractivity contribution in [2.24, 2.45) is 0 Å². The number of aliphatic carboxylic acids is 1. The smallest absolute Gasteiger partial charge is 0.303 e. The topological polar surface area (TPSA) is 66.8 Å². The van der Waals surface area contributed by atoms with E-state index in [0.29, 0.717) is 12.2 Å². The SMILES string of the molecule is CCOc1ccc(C(O)CCC(=O)O)cc1. The number of hydrogen-bond acceptors (Lipinski definition) is 3. The van der Waals surface area contributed by atoms with Gasteiger partial charge in [-0.25, -0.2) is 0 Å². The maximum Gasteiger partial charge on any atom is 0.303 e. The van der Waals surface area contributed by atoms with Crippen molar-refractivity contribution in [1.29, 1.82) is 0 Å². The molecule has 88 valence electrons. The predicted octanol–water partition coefficient (Wildman–Crippen LogP) is 1.98. The number of carbonyl (C=O) groups is 1. The van der Waals surface area contributed by atoms with Crippen LogP contribution >= 0.6 is 0 Å². The first-order chi connectivity index (χ1) is 7.63. The largest absolute Gasteiger partial charge is 0.494 e. The molecule has 0 aromatic heterocycles. The molecule has 16 heavy (non-hydrogen) atoms. The van der Waals surface area contributed by atoms with Crippen molar-refractivity contribution in [1.82, 2.24) is 0 Å². The van der Waals surface area contributed by atoms with E-state index >= 15 is 0 Å². The first-order valence-corrected chi connectivity index (χ1v) is 5.26. The van der Waals surface area contributed by atoms with E-state index in [-0.39, 0.29) is 12.8 Å². The number of ether oxygens (including phenoxy) is 1. The van der Waals surface area contributed by atoms with Crippen LogP contribution in [0.5, 0.6) is 5.75 Å². The Balaban J connectivity index is 2.55. The molecule has 0 fully saturated rings. The molecule has 4 nitrogen and oxygen atoms in total. The maximum atomic E-state index is 10.3. The first-order valence-electron chi connectivity index (χ1n) is 5.26. The van der Waals surface area contributed by atoms with Crippen LogP contribution in [0.15, 0.2) is 24.3 Å². The minimum atomic E-state index is -0.898. The van der Waals surface area contributed by atoms with Gasteiger partial charge in [0.1, 0.15) is 5.75 Å². The lowest BCUT2D eigenvalue weighted by molar-refractivity contribution is -0.137. The number of carboxylic acid groups (broad SMARTS) is 1. The van der Waals surface area contributed by atoms with E-state index in [1.165, 1.54) is 0 Å². The Kier molecular flexibility index (Phi) is 4.79. The summed E-state index contributed by atoms with van der Waals surface area (Å²) in [6.07, 6.45) is -0.538. The number of hydrogen-bond donors (Lipinski definition) is 2. The van der Waals surface area contributed by atoms with E-state index in [4.69, 9.17) is 9.84 Å². The van der Waals surface area contributed by atoms with Gasteiger partial charge < -0.3 is 14.9 Å². The van der Waals surface area contributed by atoms with Gasteiger partial charge in [-0.3, -0.25) is 4.79 Å². The predicted molar refractivity (Wildman–Crippen MR) is 59.4 cm³/mol. The lowest BCUT2D eigenvalue weighted by Crippen LogP contribution is -2.02. The molecule has 0 saturated heterocycles. The fraction of sp³-hybridized carbons (Fsp3) is 0.417. The van der Waals surface area contributed by atoms with Gasteiger partial charge in [0.2, 0.25) is 0 Å². The fourth-order valence-corrected chi connectivity index (χ4v) is 1.38. The summed E-state index contributed by atoms with van der Waals surface area (Å²) in [5.74, 6) is -0.151. The Hall–Kier alpha value is -1.55. The van der Waals surface area contributed by atoms with Gasteiger partial charge >= 0.3 is 5.97 Å². The lowest BCUT2D eigenvalue weighted by Gasteiger charge is -2.10. The van der Waals surface area contributed by atoms with E-state index in [2.05, 4.69) is 0 Å². The number of rotatable bonds is 6. The van der Waals surface area contributed by atoms with Gasteiger partial charge in [-0.1, -0.05) is 12.1 Å². The Morgan fingerprint density at radius 3 is 2.50 bits per heavy atom. The average Bonchev–Trinajstić information content (AvgIpc) is 2.27. The number of aliphatic hydroxyl groups is 1. The minimum Gasteiger partial charge on any atom is -0.494 e. The van der Waals surface area contributed by atoms with Crippen molar-refractivity contribution in [2.45, 2.75) is 25.9 Å². The summed E-state index contributed by atoms with van der Waals surface area (Å²) >= 11 is 0. The zero-order valence-electron chi connectivity index (χ0n) is 9.22. The highest BCUT2D eigenvalue weighted by atomic mass is 16.5. The van der Waals surface area contributed by atoms with Crippen molar-refractivity contribution in [3.05, 3.63) is 29.8 Å². The molecule has 0 bridgehead atoms. The maximum absolute atomic E-state index is 10.3. The Bertz CT molecular complexity index is 331. The summed E-state index contributed by atoms with van der Waals surface area (Å²) in [6.45, 7) is 2.50. The van der Waals surface area contributed by atoms with Gasteiger partial charge in [0.25, 0.3) is 0 Å².